The SMILES string of the molecule is CCN(CC)CC(C)NC(=O)c1ccc([N+](=O)[O-])cc1Cl. The topological polar surface area (TPSA) is 75.5 Å². The second-order valence-corrected chi connectivity index (χ2v) is 5.19. The average Bonchev–Trinajstić information content (AvgIpc) is 2.44. The van der Waals surface area contributed by atoms with E-state index in [0.717, 1.165) is 19.6 Å². The van der Waals surface area contributed by atoms with E-state index in [9.17, 15) is 14.9 Å². The smallest absolute Gasteiger partial charge is 0.270 e. The quantitative estimate of drug-likeness (QED) is 0.620. The summed E-state index contributed by atoms with van der Waals surface area (Å²) in [6.45, 7) is 8.60. The molecule has 0 spiro atoms. The van der Waals surface area contributed by atoms with E-state index in [4.69, 9.17) is 11.6 Å². The summed E-state index contributed by atoms with van der Waals surface area (Å²) in [6, 6.07) is 3.80. The largest absolute Gasteiger partial charge is 0.348 e. The molecule has 0 fully saturated rings. The van der Waals surface area contributed by atoms with Crippen molar-refractivity contribution in [1.82, 2.24) is 10.2 Å². The van der Waals surface area contributed by atoms with Crippen LogP contribution in [0.2, 0.25) is 5.02 Å². The van der Waals surface area contributed by atoms with Crippen LogP contribution in [0, 0.1) is 10.1 Å². The zero-order chi connectivity index (χ0) is 16.0. The van der Waals surface area contributed by atoms with Crippen LogP contribution in [0.4, 0.5) is 5.69 Å². The maximum absolute atomic E-state index is 12.1. The number of rotatable bonds is 7. The van der Waals surface area contributed by atoms with E-state index < -0.39 is 4.92 Å². The first-order valence-corrected chi connectivity index (χ1v) is 7.24. The van der Waals surface area contributed by atoms with E-state index >= 15 is 0 Å². The molecule has 0 aliphatic rings. The summed E-state index contributed by atoms with van der Waals surface area (Å²) >= 11 is 5.94. The number of amides is 1. The lowest BCUT2D eigenvalue weighted by molar-refractivity contribution is -0.384. The minimum atomic E-state index is -0.545. The number of hydrogen-bond donors (Lipinski definition) is 1. The van der Waals surface area contributed by atoms with Crippen LogP contribution in [0.1, 0.15) is 31.1 Å². The fourth-order valence-electron chi connectivity index (χ4n) is 2.02. The molecule has 0 aliphatic carbocycles. The van der Waals surface area contributed by atoms with Crippen LogP contribution in [0.3, 0.4) is 0 Å². The summed E-state index contributed by atoms with van der Waals surface area (Å²) in [7, 11) is 0. The molecule has 116 valence electrons. The van der Waals surface area contributed by atoms with Gasteiger partial charge < -0.3 is 10.2 Å². The summed E-state index contributed by atoms with van der Waals surface area (Å²) in [5.74, 6) is -0.324. The molecule has 1 aromatic carbocycles. The molecule has 6 nitrogen and oxygen atoms in total. The van der Waals surface area contributed by atoms with Crippen molar-refractivity contribution >= 4 is 23.2 Å². The Morgan fingerprint density at radius 1 is 1.43 bits per heavy atom. The normalized spacial score (nSPS) is 12.2. The molecule has 0 aliphatic heterocycles. The third-order valence-corrected chi connectivity index (χ3v) is 3.52. The van der Waals surface area contributed by atoms with E-state index in [2.05, 4.69) is 24.1 Å². The summed E-state index contributed by atoms with van der Waals surface area (Å²) in [5.41, 5.74) is 0.112. The molecule has 0 radical (unpaired) electrons. The molecular formula is C14H20ClN3O3. The molecule has 0 saturated carbocycles. The molecule has 1 N–H and O–H groups in total. The fourth-order valence-corrected chi connectivity index (χ4v) is 2.28. The molecule has 0 heterocycles. The van der Waals surface area contributed by atoms with Crippen molar-refractivity contribution in [3.8, 4) is 0 Å². The van der Waals surface area contributed by atoms with Gasteiger partial charge in [0.2, 0.25) is 0 Å². The van der Waals surface area contributed by atoms with Crippen molar-refractivity contribution in [2.45, 2.75) is 26.8 Å². The Labute approximate surface area is 129 Å². The molecule has 1 rings (SSSR count). The number of nitrogens with zero attached hydrogens (tertiary/aromatic N) is 2. The Hall–Kier alpha value is -1.66. The van der Waals surface area contributed by atoms with Crippen molar-refractivity contribution in [3.63, 3.8) is 0 Å². The van der Waals surface area contributed by atoms with Gasteiger partial charge >= 0.3 is 0 Å². The number of carbonyl (C=O) groups is 1. The van der Waals surface area contributed by atoms with Crippen LogP contribution >= 0.6 is 11.6 Å². The molecule has 21 heavy (non-hydrogen) atoms. The number of non-ortho nitro benzene ring substituents is 1. The highest BCUT2D eigenvalue weighted by atomic mass is 35.5. The number of carbonyl (C=O) groups excluding carboxylic acids is 1. The van der Waals surface area contributed by atoms with Gasteiger partial charge in [-0.05, 0) is 26.1 Å². The Bertz CT molecular complexity index is 518. The van der Waals surface area contributed by atoms with Crippen LogP contribution in [0.15, 0.2) is 18.2 Å². The molecule has 1 atom stereocenters. The minimum absolute atomic E-state index is 0.0383. The first kappa shape index (κ1) is 17.4. The van der Waals surface area contributed by atoms with E-state index in [0.29, 0.717) is 0 Å². The van der Waals surface area contributed by atoms with E-state index in [1.165, 1.54) is 18.2 Å². The van der Waals surface area contributed by atoms with Gasteiger partial charge in [0.15, 0.2) is 0 Å². The van der Waals surface area contributed by atoms with Crippen LogP contribution in [0.25, 0.3) is 0 Å². The van der Waals surface area contributed by atoms with Crippen LogP contribution < -0.4 is 5.32 Å². The lowest BCUT2D eigenvalue weighted by Crippen LogP contribution is -2.42. The van der Waals surface area contributed by atoms with Gasteiger partial charge in [0, 0.05) is 24.7 Å². The molecular weight excluding hydrogens is 294 g/mol. The third-order valence-electron chi connectivity index (χ3n) is 3.21. The van der Waals surface area contributed by atoms with Gasteiger partial charge in [-0.25, -0.2) is 0 Å². The Morgan fingerprint density at radius 2 is 2.05 bits per heavy atom. The van der Waals surface area contributed by atoms with E-state index in [1.807, 2.05) is 6.92 Å². The van der Waals surface area contributed by atoms with E-state index in [1.54, 1.807) is 0 Å². The Kier molecular flexibility index (Phi) is 6.58. The molecule has 7 heteroatoms. The fraction of sp³-hybridized carbons (Fsp3) is 0.500. The predicted molar refractivity (Wildman–Crippen MR) is 82.8 cm³/mol. The predicted octanol–water partition coefficient (Wildman–Crippen LogP) is 2.71. The lowest BCUT2D eigenvalue weighted by atomic mass is 10.1. The number of hydrogen-bond acceptors (Lipinski definition) is 4. The van der Waals surface area contributed by atoms with Crippen molar-refractivity contribution in [1.29, 1.82) is 0 Å². The van der Waals surface area contributed by atoms with Crippen molar-refractivity contribution in [2.24, 2.45) is 0 Å². The summed E-state index contributed by atoms with van der Waals surface area (Å²) < 4.78 is 0. The zero-order valence-corrected chi connectivity index (χ0v) is 13.2. The molecule has 0 bridgehead atoms. The first-order chi connectivity index (χ1) is 9.88. The molecule has 0 saturated heterocycles. The highest BCUT2D eigenvalue weighted by Crippen LogP contribution is 2.22. The van der Waals surface area contributed by atoms with Gasteiger partial charge in [0.05, 0.1) is 15.5 Å². The average molecular weight is 314 g/mol. The number of benzene rings is 1. The second kappa shape index (κ2) is 7.95. The van der Waals surface area contributed by atoms with Gasteiger partial charge in [0.1, 0.15) is 0 Å². The first-order valence-electron chi connectivity index (χ1n) is 6.86. The Morgan fingerprint density at radius 3 is 2.52 bits per heavy atom. The molecule has 1 amide bonds. The van der Waals surface area contributed by atoms with Crippen molar-refractivity contribution in [2.75, 3.05) is 19.6 Å². The number of nitro groups is 1. The van der Waals surface area contributed by atoms with Crippen molar-refractivity contribution in [3.05, 3.63) is 38.9 Å². The molecule has 0 aromatic heterocycles. The molecule has 1 unspecified atom stereocenters. The van der Waals surface area contributed by atoms with Gasteiger partial charge in [-0.1, -0.05) is 25.4 Å². The van der Waals surface area contributed by atoms with E-state index in [-0.39, 0.29) is 28.2 Å². The summed E-state index contributed by atoms with van der Waals surface area (Å²) in [5, 5.41) is 13.6. The molecule has 1 aromatic rings. The highest BCUT2D eigenvalue weighted by molar-refractivity contribution is 6.34. The second-order valence-electron chi connectivity index (χ2n) is 4.78. The van der Waals surface area contributed by atoms with Gasteiger partial charge in [0.25, 0.3) is 11.6 Å². The van der Waals surface area contributed by atoms with Gasteiger partial charge in [-0.3, -0.25) is 14.9 Å². The number of nitro benzene ring substituents is 1. The highest BCUT2D eigenvalue weighted by Gasteiger charge is 2.17. The number of nitrogens with one attached hydrogen (secondary N) is 1. The Balaban J connectivity index is 2.73. The summed E-state index contributed by atoms with van der Waals surface area (Å²) in [6.07, 6.45) is 0. The lowest BCUT2D eigenvalue weighted by Gasteiger charge is -2.23. The maximum atomic E-state index is 12.1. The standard InChI is InChI=1S/C14H20ClN3O3/c1-4-17(5-2)9-10(3)16-14(19)12-7-6-11(18(20)21)8-13(12)15/h6-8,10H,4-5,9H2,1-3H3,(H,16,19). The van der Waals surface area contributed by atoms with Gasteiger partial charge in [-0.2, -0.15) is 0 Å². The van der Waals surface area contributed by atoms with Crippen LogP contribution in [0.5, 0.6) is 0 Å². The van der Waals surface area contributed by atoms with Crippen molar-refractivity contribution < 1.29 is 9.72 Å². The van der Waals surface area contributed by atoms with Gasteiger partial charge in [-0.15, -0.1) is 0 Å². The minimum Gasteiger partial charge on any atom is -0.348 e. The maximum Gasteiger partial charge on any atom is 0.270 e. The number of likely N-dealkylation sites (N-methyl/N-ethyl adjacent to an activating group) is 1. The summed E-state index contributed by atoms with van der Waals surface area (Å²) in [4.78, 5) is 24.4. The van der Waals surface area contributed by atoms with Crippen LogP contribution in [-0.2, 0) is 0 Å². The number of halogens is 1. The zero-order valence-electron chi connectivity index (χ0n) is 12.4. The van der Waals surface area contributed by atoms with Crippen LogP contribution in [-0.4, -0.2) is 41.4 Å². The third kappa shape index (κ3) is 4.99. The monoisotopic (exact) mass is 313 g/mol.